The predicted octanol–water partition coefficient (Wildman–Crippen LogP) is 4.52. The Kier molecular flexibility index (Phi) is 6.26. The molecule has 2 aromatic rings. The highest BCUT2D eigenvalue weighted by atomic mass is 35.5. The summed E-state index contributed by atoms with van der Waals surface area (Å²) < 4.78 is 11.8. The standard InChI is InChI=1S/C25H27ClN2O4/c1-15(2)31-21-8-6-5-7-20(21)28-24(29)22(18-9-11-19(26)12-10-18)23(25(28)30)27-13-16(3)32-17(4)14-27/h5-12,15-17H,13-14H2,1-4H3. The van der Waals surface area contributed by atoms with E-state index in [2.05, 4.69) is 0 Å². The molecule has 0 N–H and O–H groups in total. The first-order valence-corrected chi connectivity index (χ1v) is 11.2. The number of carbonyl (C=O) groups excluding carboxylic acids is 2. The second-order valence-corrected chi connectivity index (χ2v) is 8.91. The van der Waals surface area contributed by atoms with Gasteiger partial charge in [-0.3, -0.25) is 9.59 Å². The molecule has 7 heteroatoms. The van der Waals surface area contributed by atoms with Crippen LogP contribution in [0.15, 0.2) is 54.2 Å². The number of anilines is 1. The third-order valence-electron chi connectivity index (χ3n) is 5.40. The van der Waals surface area contributed by atoms with E-state index in [0.29, 0.717) is 46.4 Å². The zero-order valence-electron chi connectivity index (χ0n) is 18.7. The predicted molar refractivity (Wildman–Crippen MR) is 125 cm³/mol. The number of carbonyl (C=O) groups is 2. The third-order valence-corrected chi connectivity index (χ3v) is 5.65. The number of hydrogen-bond donors (Lipinski definition) is 0. The van der Waals surface area contributed by atoms with Crippen LogP contribution in [0.5, 0.6) is 5.75 Å². The van der Waals surface area contributed by atoms with Gasteiger partial charge in [0.15, 0.2) is 0 Å². The number of morpholine rings is 1. The Balaban J connectivity index is 1.83. The average Bonchev–Trinajstić information content (AvgIpc) is 2.98. The number of halogens is 1. The van der Waals surface area contributed by atoms with Gasteiger partial charge in [-0.1, -0.05) is 35.9 Å². The summed E-state index contributed by atoms with van der Waals surface area (Å²) in [5, 5.41) is 0.564. The molecule has 2 heterocycles. The van der Waals surface area contributed by atoms with E-state index in [1.807, 2.05) is 38.7 Å². The second kappa shape index (κ2) is 8.96. The van der Waals surface area contributed by atoms with Gasteiger partial charge in [0.25, 0.3) is 11.8 Å². The van der Waals surface area contributed by atoms with E-state index < -0.39 is 0 Å². The van der Waals surface area contributed by atoms with Crippen molar-refractivity contribution in [3.8, 4) is 5.75 Å². The minimum Gasteiger partial charge on any atom is -0.489 e. The Bertz CT molecular complexity index is 1050. The lowest BCUT2D eigenvalue weighted by atomic mass is 10.0. The summed E-state index contributed by atoms with van der Waals surface area (Å²) in [6.45, 7) is 8.79. The molecule has 0 radical (unpaired) electrons. The first-order chi connectivity index (χ1) is 15.3. The number of imide groups is 1. The molecule has 2 atom stereocenters. The van der Waals surface area contributed by atoms with Crippen molar-refractivity contribution in [1.82, 2.24) is 4.90 Å². The van der Waals surface area contributed by atoms with Gasteiger partial charge in [0, 0.05) is 18.1 Å². The average molecular weight is 455 g/mol. The first-order valence-electron chi connectivity index (χ1n) is 10.8. The summed E-state index contributed by atoms with van der Waals surface area (Å²) in [4.78, 5) is 30.7. The van der Waals surface area contributed by atoms with E-state index in [0.717, 1.165) is 0 Å². The molecule has 0 aromatic heterocycles. The topological polar surface area (TPSA) is 59.1 Å². The van der Waals surface area contributed by atoms with Crippen LogP contribution in [-0.4, -0.2) is 48.1 Å². The van der Waals surface area contributed by atoms with E-state index in [1.165, 1.54) is 4.90 Å². The van der Waals surface area contributed by atoms with Crippen molar-refractivity contribution in [3.05, 3.63) is 64.8 Å². The molecular weight excluding hydrogens is 428 g/mol. The van der Waals surface area contributed by atoms with Gasteiger partial charge in [0.1, 0.15) is 11.4 Å². The van der Waals surface area contributed by atoms with Gasteiger partial charge in [-0.15, -0.1) is 0 Å². The van der Waals surface area contributed by atoms with Crippen molar-refractivity contribution in [2.45, 2.75) is 46.0 Å². The fraction of sp³-hybridized carbons (Fsp3) is 0.360. The van der Waals surface area contributed by atoms with Crippen molar-refractivity contribution in [3.63, 3.8) is 0 Å². The summed E-state index contributed by atoms with van der Waals surface area (Å²) in [6, 6.07) is 14.1. The second-order valence-electron chi connectivity index (χ2n) is 8.47. The third kappa shape index (κ3) is 4.25. The Hall–Kier alpha value is -2.83. The first kappa shape index (κ1) is 22.4. The van der Waals surface area contributed by atoms with Crippen molar-refractivity contribution in [2.75, 3.05) is 18.0 Å². The molecule has 32 heavy (non-hydrogen) atoms. The van der Waals surface area contributed by atoms with Crippen molar-refractivity contribution >= 4 is 34.7 Å². The van der Waals surface area contributed by atoms with Gasteiger partial charge < -0.3 is 14.4 Å². The maximum Gasteiger partial charge on any atom is 0.282 e. The Morgan fingerprint density at radius 1 is 0.969 bits per heavy atom. The van der Waals surface area contributed by atoms with Gasteiger partial charge in [-0.05, 0) is 57.5 Å². The lowest BCUT2D eigenvalue weighted by molar-refractivity contribution is -0.121. The van der Waals surface area contributed by atoms with Gasteiger partial charge >= 0.3 is 0 Å². The van der Waals surface area contributed by atoms with Crippen LogP contribution in [0.4, 0.5) is 5.69 Å². The molecule has 0 spiro atoms. The summed E-state index contributed by atoms with van der Waals surface area (Å²) in [5.74, 6) is -0.246. The molecular formula is C25H27ClN2O4. The van der Waals surface area contributed by atoms with Gasteiger partial charge in [-0.25, -0.2) is 4.90 Å². The molecule has 168 valence electrons. The van der Waals surface area contributed by atoms with E-state index >= 15 is 0 Å². The molecule has 4 rings (SSSR count). The Morgan fingerprint density at radius 2 is 1.59 bits per heavy atom. The van der Waals surface area contributed by atoms with Crippen LogP contribution < -0.4 is 9.64 Å². The largest absolute Gasteiger partial charge is 0.489 e. The number of para-hydroxylation sites is 2. The van der Waals surface area contributed by atoms with Gasteiger partial charge in [-0.2, -0.15) is 0 Å². The van der Waals surface area contributed by atoms with Crippen molar-refractivity contribution in [2.24, 2.45) is 0 Å². The van der Waals surface area contributed by atoms with E-state index in [9.17, 15) is 9.59 Å². The molecule has 2 unspecified atom stereocenters. The van der Waals surface area contributed by atoms with Crippen LogP contribution in [0, 0.1) is 0 Å². The zero-order chi connectivity index (χ0) is 23.0. The number of rotatable bonds is 5. The number of amides is 2. The maximum absolute atomic E-state index is 13.8. The van der Waals surface area contributed by atoms with E-state index in [1.54, 1.807) is 42.5 Å². The summed E-state index contributed by atoms with van der Waals surface area (Å²) in [6.07, 6.45) is -0.231. The Morgan fingerprint density at radius 3 is 2.22 bits per heavy atom. The minimum absolute atomic E-state index is 0.0637. The van der Waals surface area contributed by atoms with E-state index in [-0.39, 0.29) is 30.1 Å². The maximum atomic E-state index is 13.8. The molecule has 2 aromatic carbocycles. The zero-order valence-corrected chi connectivity index (χ0v) is 19.4. The van der Waals surface area contributed by atoms with Crippen LogP contribution in [0.25, 0.3) is 5.57 Å². The highest BCUT2D eigenvalue weighted by Gasteiger charge is 2.44. The summed E-state index contributed by atoms with van der Waals surface area (Å²) in [7, 11) is 0. The Labute approximate surface area is 193 Å². The SMILES string of the molecule is CC(C)Oc1ccccc1N1C(=O)C(c2ccc(Cl)cc2)=C(N2CC(C)OC(C)C2)C1=O. The number of hydrogen-bond acceptors (Lipinski definition) is 5. The number of benzene rings is 2. The molecule has 1 fully saturated rings. The molecule has 6 nitrogen and oxygen atoms in total. The monoisotopic (exact) mass is 454 g/mol. The van der Waals surface area contributed by atoms with Crippen LogP contribution >= 0.6 is 11.6 Å². The lowest BCUT2D eigenvalue weighted by Gasteiger charge is -2.37. The van der Waals surface area contributed by atoms with Gasteiger partial charge in [0.05, 0.1) is 29.6 Å². The molecule has 0 saturated carbocycles. The number of ether oxygens (including phenoxy) is 2. The molecule has 0 bridgehead atoms. The van der Waals surface area contributed by atoms with E-state index in [4.69, 9.17) is 21.1 Å². The minimum atomic E-state index is -0.376. The van der Waals surface area contributed by atoms with Crippen LogP contribution in [-0.2, 0) is 14.3 Å². The lowest BCUT2D eigenvalue weighted by Crippen LogP contribution is -2.47. The van der Waals surface area contributed by atoms with Crippen LogP contribution in [0.2, 0.25) is 5.02 Å². The van der Waals surface area contributed by atoms with Crippen LogP contribution in [0.3, 0.4) is 0 Å². The van der Waals surface area contributed by atoms with Crippen molar-refractivity contribution < 1.29 is 19.1 Å². The fourth-order valence-corrected chi connectivity index (χ4v) is 4.39. The summed E-state index contributed by atoms with van der Waals surface area (Å²) in [5.41, 5.74) is 1.84. The molecule has 0 aliphatic carbocycles. The fourth-order valence-electron chi connectivity index (χ4n) is 4.26. The van der Waals surface area contributed by atoms with Crippen molar-refractivity contribution in [1.29, 1.82) is 0 Å². The molecule has 1 saturated heterocycles. The molecule has 2 aliphatic rings. The van der Waals surface area contributed by atoms with Crippen LogP contribution in [0.1, 0.15) is 33.3 Å². The molecule has 2 aliphatic heterocycles. The quantitative estimate of drug-likeness (QED) is 0.621. The number of nitrogens with zero attached hydrogens (tertiary/aromatic N) is 2. The summed E-state index contributed by atoms with van der Waals surface area (Å²) >= 11 is 6.08. The van der Waals surface area contributed by atoms with Gasteiger partial charge in [0.2, 0.25) is 0 Å². The molecule has 2 amide bonds. The smallest absolute Gasteiger partial charge is 0.282 e. The highest BCUT2D eigenvalue weighted by molar-refractivity contribution is 6.45. The normalized spacial score (nSPS) is 21.7. The highest BCUT2D eigenvalue weighted by Crippen LogP contribution is 2.39.